The summed E-state index contributed by atoms with van der Waals surface area (Å²) < 4.78 is 44.5. The number of cyclic esters (lactones) is 1. The van der Waals surface area contributed by atoms with E-state index < -0.39 is 29.4 Å². The zero-order chi connectivity index (χ0) is 12.3. The van der Waals surface area contributed by atoms with Crippen molar-refractivity contribution in [2.24, 2.45) is 11.8 Å². The summed E-state index contributed by atoms with van der Waals surface area (Å²) in [5.41, 5.74) is -1.84. The number of benzene rings is 1. The lowest BCUT2D eigenvalue weighted by Crippen LogP contribution is -2.36. The first-order chi connectivity index (χ1) is 7.99. The van der Waals surface area contributed by atoms with E-state index in [9.17, 15) is 18.0 Å². The standard InChI is InChI=1S/C12H9F3O2/c13-12(14,15)11(7-4-2-1-3-5-7)8-6-17-10(16)9(8)11/h1-5,8-9H,6H2/t8-,9-,11+/m0/s1. The molecule has 1 saturated carbocycles. The molecular formula is C12H9F3O2. The largest absolute Gasteiger partial charge is 0.465 e. The van der Waals surface area contributed by atoms with Crippen molar-refractivity contribution in [2.75, 3.05) is 6.61 Å². The monoisotopic (exact) mass is 242 g/mol. The average molecular weight is 242 g/mol. The van der Waals surface area contributed by atoms with Crippen molar-refractivity contribution in [3.63, 3.8) is 0 Å². The summed E-state index contributed by atoms with van der Waals surface area (Å²) in [5.74, 6) is -2.53. The molecule has 0 amide bonds. The normalized spacial score (nSPS) is 35.4. The van der Waals surface area contributed by atoms with Gasteiger partial charge in [-0.15, -0.1) is 0 Å². The van der Waals surface area contributed by atoms with E-state index in [1.807, 2.05) is 0 Å². The second-order valence-corrected chi connectivity index (χ2v) is 4.45. The zero-order valence-electron chi connectivity index (χ0n) is 8.70. The molecule has 0 unspecified atom stereocenters. The summed E-state index contributed by atoms with van der Waals surface area (Å²) in [6, 6.07) is 7.63. The molecule has 2 nitrogen and oxygen atoms in total. The van der Waals surface area contributed by atoms with E-state index in [1.54, 1.807) is 18.2 Å². The average Bonchev–Trinajstić information content (AvgIpc) is 2.84. The molecule has 17 heavy (non-hydrogen) atoms. The minimum Gasteiger partial charge on any atom is -0.465 e. The molecule has 2 aliphatic rings. The summed E-state index contributed by atoms with van der Waals surface area (Å²) in [6.45, 7) is -0.127. The summed E-state index contributed by atoms with van der Waals surface area (Å²) in [4.78, 5) is 11.3. The topological polar surface area (TPSA) is 26.3 Å². The highest BCUT2D eigenvalue weighted by Crippen LogP contribution is 2.70. The van der Waals surface area contributed by atoms with Gasteiger partial charge in [0.1, 0.15) is 5.41 Å². The van der Waals surface area contributed by atoms with Gasteiger partial charge in [0.05, 0.1) is 12.5 Å². The highest BCUT2D eigenvalue weighted by atomic mass is 19.4. The van der Waals surface area contributed by atoms with Crippen molar-refractivity contribution >= 4 is 5.97 Å². The zero-order valence-corrected chi connectivity index (χ0v) is 8.70. The highest BCUT2D eigenvalue weighted by Gasteiger charge is 2.84. The van der Waals surface area contributed by atoms with Gasteiger partial charge in [0.25, 0.3) is 0 Å². The fraction of sp³-hybridized carbons (Fsp3) is 0.417. The van der Waals surface area contributed by atoms with Gasteiger partial charge in [0.15, 0.2) is 0 Å². The van der Waals surface area contributed by atoms with Crippen LogP contribution < -0.4 is 0 Å². The Morgan fingerprint density at radius 1 is 1.24 bits per heavy atom. The van der Waals surface area contributed by atoms with Crippen molar-refractivity contribution < 1.29 is 22.7 Å². The summed E-state index contributed by atoms with van der Waals surface area (Å²) in [6.07, 6.45) is -4.41. The molecule has 1 aliphatic carbocycles. The number of carbonyl (C=O) groups is 1. The summed E-state index contributed by atoms with van der Waals surface area (Å²) in [7, 11) is 0. The van der Waals surface area contributed by atoms with Crippen LogP contribution in [-0.4, -0.2) is 18.8 Å². The fourth-order valence-electron chi connectivity index (χ4n) is 2.96. The maximum atomic E-state index is 13.3. The molecule has 0 spiro atoms. The van der Waals surface area contributed by atoms with Crippen LogP contribution >= 0.6 is 0 Å². The summed E-state index contributed by atoms with van der Waals surface area (Å²) >= 11 is 0. The predicted molar refractivity (Wildman–Crippen MR) is 52.1 cm³/mol. The first kappa shape index (κ1) is 10.6. The SMILES string of the molecule is O=C1OC[C@H]2[C@@H]1[C@]2(c1ccccc1)C(F)(F)F. The van der Waals surface area contributed by atoms with E-state index in [1.165, 1.54) is 12.1 Å². The van der Waals surface area contributed by atoms with Crippen LogP contribution in [0, 0.1) is 11.8 Å². The number of fused-ring (bicyclic) bond motifs is 1. The number of ether oxygens (including phenoxy) is 1. The van der Waals surface area contributed by atoms with Gasteiger partial charge in [0, 0.05) is 5.92 Å². The Morgan fingerprint density at radius 3 is 2.35 bits per heavy atom. The molecule has 1 heterocycles. The van der Waals surface area contributed by atoms with Crippen LogP contribution in [0.25, 0.3) is 0 Å². The second-order valence-electron chi connectivity index (χ2n) is 4.45. The first-order valence-corrected chi connectivity index (χ1v) is 5.28. The molecule has 0 N–H and O–H groups in total. The van der Waals surface area contributed by atoms with Crippen LogP contribution in [0.1, 0.15) is 5.56 Å². The van der Waals surface area contributed by atoms with Crippen molar-refractivity contribution in [2.45, 2.75) is 11.6 Å². The maximum absolute atomic E-state index is 13.3. The molecular weight excluding hydrogens is 233 g/mol. The van der Waals surface area contributed by atoms with Crippen LogP contribution in [0.2, 0.25) is 0 Å². The van der Waals surface area contributed by atoms with Crippen LogP contribution in [0.3, 0.4) is 0 Å². The van der Waals surface area contributed by atoms with E-state index >= 15 is 0 Å². The van der Waals surface area contributed by atoms with Crippen LogP contribution in [0.4, 0.5) is 13.2 Å². The van der Waals surface area contributed by atoms with Gasteiger partial charge in [-0.25, -0.2) is 0 Å². The van der Waals surface area contributed by atoms with Gasteiger partial charge in [-0.2, -0.15) is 13.2 Å². The molecule has 0 radical (unpaired) electrons. The van der Waals surface area contributed by atoms with E-state index in [2.05, 4.69) is 4.74 Å². The number of hydrogen-bond acceptors (Lipinski definition) is 2. The maximum Gasteiger partial charge on any atom is 0.399 e. The molecule has 2 fully saturated rings. The number of halogens is 3. The first-order valence-electron chi connectivity index (χ1n) is 5.28. The van der Waals surface area contributed by atoms with Crippen LogP contribution in [0.15, 0.2) is 30.3 Å². The third-order valence-corrected chi connectivity index (χ3v) is 3.75. The fourth-order valence-corrected chi connectivity index (χ4v) is 2.96. The Kier molecular flexibility index (Phi) is 1.89. The van der Waals surface area contributed by atoms with E-state index in [0.717, 1.165) is 0 Å². The Labute approximate surface area is 95.4 Å². The molecule has 3 atom stereocenters. The molecule has 3 rings (SSSR count). The molecule has 0 aromatic heterocycles. The molecule has 90 valence electrons. The second kappa shape index (κ2) is 3.03. The predicted octanol–water partition coefficient (Wildman–Crippen LogP) is 2.29. The molecule has 5 heteroatoms. The lowest BCUT2D eigenvalue weighted by molar-refractivity contribution is -0.181. The Bertz CT molecular complexity index is 468. The number of carbonyl (C=O) groups excluding carboxylic acids is 1. The number of hydrogen-bond donors (Lipinski definition) is 0. The smallest absolute Gasteiger partial charge is 0.399 e. The Hall–Kier alpha value is -1.52. The lowest BCUT2D eigenvalue weighted by atomic mass is 9.90. The van der Waals surface area contributed by atoms with Gasteiger partial charge in [-0.1, -0.05) is 30.3 Å². The molecule has 1 aromatic carbocycles. The van der Waals surface area contributed by atoms with E-state index in [0.29, 0.717) is 0 Å². The number of rotatable bonds is 1. The van der Waals surface area contributed by atoms with Crippen molar-refractivity contribution in [3.05, 3.63) is 35.9 Å². The number of alkyl halides is 3. The van der Waals surface area contributed by atoms with Gasteiger partial charge in [0.2, 0.25) is 0 Å². The quantitative estimate of drug-likeness (QED) is 0.706. The van der Waals surface area contributed by atoms with Gasteiger partial charge < -0.3 is 4.74 Å². The van der Waals surface area contributed by atoms with Crippen molar-refractivity contribution in [1.82, 2.24) is 0 Å². The van der Waals surface area contributed by atoms with Gasteiger partial charge in [-0.3, -0.25) is 4.79 Å². The minimum absolute atomic E-state index is 0.127. The van der Waals surface area contributed by atoms with Crippen molar-refractivity contribution in [3.8, 4) is 0 Å². The van der Waals surface area contributed by atoms with E-state index in [-0.39, 0.29) is 12.2 Å². The van der Waals surface area contributed by atoms with Gasteiger partial charge in [-0.05, 0) is 5.56 Å². The van der Waals surface area contributed by atoms with Crippen LogP contribution in [0.5, 0.6) is 0 Å². The summed E-state index contributed by atoms with van der Waals surface area (Å²) in [5, 5.41) is 0. The molecule has 1 saturated heterocycles. The molecule has 0 bridgehead atoms. The van der Waals surface area contributed by atoms with Gasteiger partial charge >= 0.3 is 12.1 Å². The molecule has 1 aliphatic heterocycles. The van der Waals surface area contributed by atoms with Crippen molar-refractivity contribution in [1.29, 1.82) is 0 Å². The Morgan fingerprint density at radius 2 is 1.88 bits per heavy atom. The molecule has 1 aromatic rings. The van der Waals surface area contributed by atoms with Crippen LogP contribution in [-0.2, 0) is 14.9 Å². The lowest BCUT2D eigenvalue weighted by Gasteiger charge is -2.24. The minimum atomic E-state index is -4.41. The highest BCUT2D eigenvalue weighted by molar-refractivity contribution is 5.83. The number of esters is 1. The Balaban J connectivity index is 2.11. The van der Waals surface area contributed by atoms with E-state index in [4.69, 9.17) is 0 Å². The third kappa shape index (κ3) is 1.14. The third-order valence-electron chi connectivity index (χ3n) is 3.75.